The van der Waals surface area contributed by atoms with Gasteiger partial charge in [-0.1, -0.05) is 6.07 Å². The summed E-state index contributed by atoms with van der Waals surface area (Å²) in [5.74, 6) is -0.173. The molecule has 0 aliphatic carbocycles. The highest BCUT2D eigenvalue weighted by Gasteiger charge is 2.13. The molecular formula is C16H21N3O3S. The zero-order valence-corrected chi connectivity index (χ0v) is 14.2. The first-order valence-corrected chi connectivity index (χ1v) is 9.14. The Morgan fingerprint density at radius 2 is 1.87 bits per heavy atom. The Balaban J connectivity index is 2.12. The molecule has 1 atom stereocenters. The van der Waals surface area contributed by atoms with Crippen LogP contribution in [-0.4, -0.2) is 25.1 Å². The molecule has 2 aromatic rings. The van der Waals surface area contributed by atoms with Crippen molar-refractivity contribution in [2.75, 3.05) is 16.3 Å². The SMILES string of the molecule is Cc1ccc(NS(C)(=O)=O)c(NC(=O)C[C@H](C)n2cccc2)c1. The van der Waals surface area contributed by atoms with E-state index in [1.165, 1.54) is 0 Å². The van der Waals surface area contributed by atoms with Gasteiger partial charge in [-0.2, -0.15) is 0 Å². The number of nitrogens with zero attached hydrogens (tertiary/aromatic N) is 1. The lowest BCUT2D eigenvalue weighted by atomic mass is 10.1. The van der Waals surface area contributed by atoms with Crippen LogP contribution in [0.25, 0.3) is 0 Å². The highest BCUT2D eigenvalue weighted by Crippen LogP contribution is 2.25. The number of aryl methyl sites for hydroxylation is 1. The van der Waals surface area contributed by atoms with Crippen LogP contribution < -0.4 is 10.0 Å². The highest BCUT2D eigenvalue weighted by atomic mass is 32.2. The minimum Gasteiger partial charge on any atom is -0.351 e. The molecule has 0 fully saturated rings. The van der Waals surface area contributed by atoms with Gasteiger partial charge in [0.05, 0.1) is 17.6 Å². The molecule has 0 bridgehead atoms. The molecule has 1 aromatic heterocycles. The van der Waals surface area contributed by atoms with Crippen molar-refractivity contribution in [1.82, 2.24) is 4.57 Å². The van der Waals surface area contributed by atoms with Gasteiger partial charge in [0.1, 0.15) is 0 Å². The van der Waals surface area contributed by atoms with E-state index in [2.05, 4.69) is 10.0 Å². The van der Waals surface area contributed by atoms with Crippen molar-refractivity contribution in [3.8, 4) is 0 Å². The second kappa shape index (κ2) is 6.87. The maximum absolute atomic E-state index is 12.2. The van der Waals surface area contributed by atoms with E-state index >= 15 is 0 Å². The molecule has 1 amide bonds. The van der Waals surface area contributed by atoms with Crippen molar-refractivity contribution >= 4 is 27.3 Å². The standard InChI is InChI=1S/C16H21N3O3S/c1-12-6-7-14(18-23(3,21)22)15(10-12)17-16(20)11-13(2)19-8-4-5-9-19/h4-10,13,18H,11H2,1-3H3,(H,17,20)/t13-/m0/s1. The van der Waals surface area contributed by atoms with E-state index in [-0.39, 0.29) is 11.9 Å². The van der Waals surface area contributed by atoms with E-state index in [1.807, 2.05) is 42.9 Å². The largest absolute Gasteiger partial charge is 0.351 e. The Labute approximate surface area is 136 Å². The number of rotatable bonds is 6. The number of benzene rings is 1. The molecule has 1 aromatic carbocycles. The third-order valence-corrected chi connectivity index (χ3v) is 3.95. The van der Waals surface area contributed by atoms with E-state index in [1.54, 1.807) is 18.2 Å². The molecule has 0 radical (unpaired) electrons. The van der Waals surface area contributed by atoms with Gasteiger partial charge < -0.3 is 9.88 Å². The van der Waals surface area contributed by atoms with Crippen molar-refractivity contribution in [3.05, 3.63) is 48.3 Å². The first-order valence-electron chi connectivity index (χ1n) is 7.25. The second-order valence-electron chi connectivity index (χ2n) is 5.65. The molecule has 6 nitrogen and oxygen atoms in total. The zero-order chi connectivity index (χ0) is 17.0. The van der Waals surface area contributed by atoms with Crippen LogP contribution in [0.1, 0.15) is 24.9 Å². The van der Waals surface area contributed by atoms with Gasteiger partial charge in [-0.15, -0.1) is 0 Å². The summed E-state index contributed by atoms with van der Waals surface area (Å²) in [5.41, 5.74) is 1.75. The lowest BCUT2D eigenvalue weighted by Gasteiger charge is -2.16. The van der Waals surface area contributed by atoms with Crippen molar-refractivity contribution < 1.29 is 13.2 Å². The van der Waals surface area contributed by atoms with Crippen LogP contribution in [0.4, 0.5) is 11.4 Å². The summed E-state index contributed by atoms with van der Waals surface area (Å²) in [5, 5.41) is 2.79. The van der Waals surface area contributed by atoms with Crippen molar-refractivity contribution in [3.63, 3.8) is 0 Å². The lowest BCUT2D eigenvalue weighted by Crippen LogP contribution is -2.19. The predicted octanol–water partition coefficient (Wildman–Crippen LogP) is 2.76. The number of anilines is 2. The topological polar surface area (TPSA) is 80.2 Å². The third kappa shape index (κ3) is 5.14. The molecule has 0 saturated carbocycles. The van der Waals surface area contributed by atoms with Crippen molar-refractivity contribution in [2.45, 2.75) is 26.3 Å². The third-order valence-electron chi connectivity index (χ3n) is 3.36. The number of amides is 1. The van der Waals surface area contributed by atoms with Crippen molar-refractivity contribution in [2.24, 2.45) is 0 Å². The molecule has 2 rings (SSSR count). The monoisotopic (exact) mass is 335 g/mol. The van der Waals surface area contributed by atoms with Crippen LogP contribution in [0.5, 0.6) is 0 Å². The Morgan fingerprint density at radius 3 is 2.48 bits per heavy atom. The highest BCUT2D eigenvalue weighted by molar-refractivity contribution is 7.92. The number of hydrogen-bond acceptors (Lipinski definition) is 3. The number of carbonyl (C=O) groups excluding carboxylic acids is 1. The van der Waals surface area contributed by atoms with Gasteiger partial charge >= 0.3 is 0 Å². The molecule has 0 spiro atoms. The molecular weight excluding hydrogens is 314 g/mol. The minimum atomic E-state index is -3.41. The van der Waals surface area contributed by atoms with E-state index in [9.17, 15) is 13.2 Å². The summed E-state index contributed by atoms with van der Waals surface area (Å²) < 4.78 is 27.2. The Hall–Kier alpha value is -2.28. The van der Waals surface area contributed by atoms with Gasteiger partial charge in [-0.25, -0.2) is 8.42 Å². The fraction of sp³-hybridized carbons (Fsp3) is 0.312. The molecule has 0 saturated heterocycles. The van der Waals surface area contributed by atoms with Crippen LogP contribution in [0, 0.1) is 6.92 Å². The number of aromatic nitrogens is 1. The normalized spacial score (nSPS) is 12.7. The molecule has 0 aliphatic rings. The maximum Gasteiger partial charge on any atom is 0.229 e. The quantitative estimate of drug-likeness (QED) is 0.852. The zero-order valence-electron chi connectivity index (χ0n) is 13.4. The molecule has 7 heteroatoms. The maximum atomic E-state index is 12.2. The van der Waals surface area contributed by atoms with E-state index in [0.29, 0.717) is 17.8 Å². The van der Waals surface area contributed by atoms with Gasteiger partial charge in [0.25, 0.3) is 0 Å². The fourth-order valence-corrected chi connectivity index (χ4v) is 2.84. The first kappa shape index (κ1) is 17.1. The molecule has 0 unspecified atom stereocenters. The van der Waals surface area contributed by atoms with E-state index < -0.39 is 10.0 Å². The summed E-state index contributed by atoms with van der Waals surface area (Å²) in [7, 11) is -3.41. The summed E-state index contributed by atoms with van der Waals surface area (Å²) in [6, 6.07) is 8.99. The number of nitrogens with one attached hydrogen (secondary N) is 2. The number of carbonyl (C=O) groups is 1. The lowest BCUT2D eigenvalue weighted by molar-refractivity contribution is -0.116. The fourth-order valence-electron chi connectivity index (χ4n) is 2.27. The van der Waals surface area contributed by atoms with Crippen LogP contribution in [-0.2, 0) is 14.8 Å². The second-order valence-corrected chi connectivity index (χ2v) is 7.40. The van der Waals surface area contributed by atoms with Crippen LogP contribution >= 0.6 is 0 Å². The average Bonchev–Trinajstić information content (AvgIpc) is 2.94. The minimum absolute atomic E-state index is 0.0149. The Morgan fingerprint density at radius 1 is 1.22 bits per heavy atom. The smallest absolute Gasteiger partial charge is 0.229 e. The molecule has 0 aliphatic heterocycles. The predicted molar refractivity (Wildman–Crippen MR) is 92.0 cm³/mol. The summed E-state index contributed by atoms with van der Waals surface area (Å²) in [6.07, 6.45) is 5.18. The number of sulfonamides is 1. The average molecular weight is 335 g/mol. The Bertz CT molecular complexity index is 783. The molecule has 124 valence electrons. The molecule has 2 N–H and O–H groups in total. The summed E-state index contributed by atoms with van der Waals surface area (Å²) in [4.78, 5) is 12.2. The van der Waals surface area contributed by atoms with Gasteiger partial charge in [0.15, 0.2) is 0 Å². The summed E-state index contributed by atoms with van der Waals surface area (Å²) in [6.45, 7) is 3.83. The molecule has 1 heterocycles. The van der Waals surface area contributed by atoms with Crippen LogP contribution in [0.15, 0.2) is 42.7 Å². The van der Waals surface area contributed by atoms with Crippen LogP contribution in [0.3, 0.4) is 0 Å². The van der Waals surface area contributed by atoms with Gasteiger partial charge in [-0.05, 0) is 43.7 Å². The van der Waals surface area contributed by atoms with Gasteiger partial charge in [-0.3, -0.25) is 9.52 Å². The summed E-state index contributed by atoms with van der Waals surface area (Å²) >= 11 is 0. The first-order chi connectivity index (χ1) is 10.7. The van der Waals surface area contributed by atoms with E-state index in [0.717, 1.165) is 11.8 Å². The Kier molecular flexibility index (Phi) is 5.10. The molecule has 23 heavy (non-hydrogen) atoms. The van der Waals surface area contributed by atoms with Gasteiger partial charge in [0.2, 0.25) is 15.9 Å². The van der Waals surface area contributed by atoms with Gasteiger partial charge in [0, 0.05) is 24.9 Å². The van der Waals surface area contributed by atoms with Crippen molar-refractivity contribution in [1.29, 1.82) is 0 Å². The van der Waals surface area contributed by atoms with Crippen LogP contribution in [0.2, 0.25) is 0 Å². The number of hydrogen-bond donors (Lipinski definition) is 2. The van der Waals surface area contributed by atoms with E-state index in [4.69, 9.17) is 0 Å².